The number of benzene rings is 1. The van der Waals surface area contributed by atoms with E-state index in [-0.39, 0.29) is 23.6 Å². The molecule has 2 heterocycles. The number of nitrogens with zero attached hydrogens (tertiary/aromatic N) is 2. The van der Waals surface area contributed by atoms with Gasteiger partial charge in [-0.15, -0.1) is 0 Å². The standard InChI is InChI=1S/C21H30N4O3/c1-21(10-6-14-25(21)19(27)16-7-3-2-4-8-16)20(28)24-13-5-9-17(15-24)18(26)23-12-11-22/h2-4,7-8,17H,5-6,9-15,22H2,1H3,(H,23,26). The summed E-state index contributed by atoms with van der Waals surface area (Å²) in [7, 11) is 0. The van der Waals surface area contributed by atoms with Gasteiger partial charge >= 0.3 is 0 Å². The molecule has 2 fully saturated rings. The van der Waals surface area contributed by atoms with Crippen molar-refractivity contribution in [2.75, 3.05) is 32.7 Å². The number of carbonyl (C=O) groups excluding carboxylic acids is 3. The molecule has 2 unspecified atom stereocenters. The highest BCUT2D eigenvalue weighted by atomic mass is 16.2. The van der Waals surface area contributed by atoms with Crippen molar-refractivity contribution >= 4 is 17.7 Å². The van der Waals surface area contributed by atoms with Crippen LogP contribution < -0.4 is 11.1 Å². The fourth-order valence-electron chi connectivity index (χ4n) is 4.30. The van der Waals surface area contributed by atoms with Gasteiger partial charge in [-0.25, -0.2) is 0 Å². The molecular formula is C21H30N4O3. The summed E-state index contributed by atoms with van der Waals surface area (Å²) < 4.78 is 0. The number of amides is 3. The minimum atomic E-state index is -0.859. The number of piperidine rings is 1. The monoisotopic (exact) mass is 386 g/mol. The molecule has 0 spiro atoms. The molecule has 3 N–H and O–H groups in total. The average molecular weight is 386 g/mol. The van der Waals surface area contributed by atoms with Crippen LogP contribution in [-0.2, 0) is 9.59 Å². The zero-order valence-corrected chi connectivity index (χ0v) is 16.5. The highest BCUT2D eigenvalue weighted by molar-refractivity contribution is 5.99. The van der Waals surface area contributed by atoms with E-state index in [2.05, 4.69) is 5.32 Å². The fraction of sp³-hybridized carbons (Fsp3) is 0.571. The Kier molecular flexibility index (Phi) is 6.34. The van der Waals surface area contributed by atoms with Crippen LogP contribution in [0.2, 0.25) is 0 Å². The Bertz CT molecular complexity index is 724. The lowest BCUT2D eigenvalue weighted by Crippen LogP contribution is -2.58. The van der Waals surface area contributed by atoms with E-state index in [1.807, 2.05) is 25.1 Å². The zero-order valence-electron chi connectivity index (χ0n) is 16.5. The maximum atomic E-state index is 13.4. The van der Waals surface area contributed by atoms with E-state index in [0.717, 1.165) is 19.3 Å². The lowest BCUT2D eigenvalue weighted by Gasteiger charge is -2.41. The van der Waals surface area contributed by atoms with Crippen LogP contribution >= 0.6 is 0 Å². The van der Waals surface area contributed by atoms with Crippen LogP contribution in [0.4, 0.5) is 0 Å². The van der Waals surface area contributed by atoms with Crippen LogP contribution in [0.15, 0.2) is 30.3 Å². The third kappa shape index (κ3) is 4.04. The van der Waals surface area contributed by atoms with Crippen molar-refractivity contribution in [2.45, 2.75) is 38.1 Å². The Balaban J connectivity index is 1.72. The summed E-state index contributed by atoms with van der Waals surface area (Å²) in [4.78, 5) is 42.2. The maximum absolute atomic E-state index is 13.4. The highest BCUT2D eigenvalue weighted by Gasteiger charge is 2.48. The molecule has 2 aliphatic rings. The number of likely N-dealkylation sites (tertiary alicyclic amines) is 2. The zero-order chi connectivity index (χ0) is 20.1. The molecule has 3 rings (SSSR count). The molecule has 0 saturated carbocycles. The molecule has 0 aliphatic carbocycles. The molecule has 3 amide bonds. The van der Waals surface area contributed by atoms with Crippen LogP contribution in [0, 0.1) is 5.92 Å². The molecule has 1 aromatic carbocycles. The molecule has 28 heavy (non-hydrogen) atoms. The topological polar surface area (TPSA) is 95.7 Å². The lowest BCUT2D eigenvalue weighted by molar-refractivity contribution is -0.144. The number of nitrogens with two attached hydrogens (primary N) is 1. The van der Waals surface area contributed by atoms with Gasteiger partial charge in [-0.3, -0.25) is 14.4 Å². The third-order valence-electron chi connectivity index (χ3n) is 5.89. The molecule has 7 nitrogen and oxygen atoms in total. The van der Waals surface area contributed by atoms with E-state index >= 15 is 0 Å². The van der Waals surface area contributed by atoms with Gasteiger partial charge in [-0.2, -0.15) is 0 Å². The van der Waals surface area contributed by atoms with Gasteiger partial charge in [0.1, 0.15) is 5.54 Å². The Morgan fingerprint density at radius 1 is 1.18 bits per heavy atom. The number of hydrogen-bond donors (Lipinski definition) is 2. The van der Waals surface area contributed by atoms with Crippen molar-refractivity contribution < 1.29 is 14.4 Å². The smallest absolute Gasteiger partial charge is 0.254 e. The van der Waals surface area contributed by atoms with Gasteiger partial charge in [0.25, 0.3) is 5.91 Å². The van der Waals surface area contributed by atoms with E-state index in [1.165, 1.54) is 0 Å². The molecular weight excluding hydrogens is 356 g/mol. The van der Waals surface area contributed by atoms with Gasteiger partial charge in [-0.05, 0) is 44.7 Å². The lowest BCUT2D eigenvalue weighted by atomic mass is 9.91. The summed E-state index contributed by atoms with van der Waals surface area (Å²) in [6.45, 7) is 4.31. The van der Waals surface area contributed by atoms with Gasteiger partial charge in [0.15, 0.2) is 0 Å². The molecule has 1 aromatic rings. The summed E-state index contributed by atoms with van der Waals surface area (Å²) in [6, 6.07) is 9.10. The molecule has 2 aliphatic heterocycles. The number of rotatable bonds is 5. The van der Waals surface area contributed by atoms with Crippen LogP contribution in [0.3, 0.4) is 0 Å². The summed E-state index contributed by atoms with van der Waals surface area (Å²) in [5.74, 6) is -0.418. The number of carbonyl (C=O) groups is 3. The molecule has 152 valence electrons. The third-order valence-corrected chi connectivity index (χ3v) is 5.89. The summed E-state index contributed by atoms with van der Waals surface area (Å²) in [5.41, 5.74) is 5.20. The van der Waals surface area contributed by atoms with Gasteiger partial charge in [-0.1, -0.05) is 18.2 Å². The summed E-state index contributed by atoms with van der Waals surface area (Å²) >= 11 is 0. The first-order chi connectivity index (χ1) is 13.5. The minimum Gasteiger partial charge on any atom is -0.355 e. The molecule has 0 radical (unpaired) electrons. The van der Waals surface area contributed by atoms with Gasteiger partial charge < -0.3 is 20.9 Å². The largest absolute Gasteiger partial charge is 0.355 e. The van der Waals surface area contributed by atoms with Crippen molar-refractivity contribution in [1.82, 2.24) is 15.1 Å². The second-order valence-corrected chi connectivity index (χ2v) is 7.87. The Morgan fingerprint density at radius 3 is 2.64 bits per heavy atom. The molecule has 0 bridgehead atoms. The van der Waals surface area contributed by atoms with Gasteiger partial charge in [0.05, 0.1) is 5.92 Å². The SMILES string of the molecule is CC1(C(=O)N2CCCC(C(=O)NCCN)C2)CCCN1C(=O)c1ccccc1. The predicted octanol–water partition coefficient (Wildman–Crippen LogP) is 0.995. The van der Waals surface area contributed by atoms with Crippen molar-refractivity contribution in [3.05, 3.63) is 35.9 Å². The summed E-state index contributed by atoms with van der Waals surface area (Å²) in [6.07, 6.45) is 3.00. The minimum absolute atomic E-state index is 0.0447. The van der Waals surface area contributed by atoms with Crippen molar-refractivity contribution in [3.63, 3.8) is 0 Å². The van der Waals surface area contributed by atoms with Crippen LogP contribution in [0.25, 0.3) is 0 Å². The van der Waals surface area contributed by atoms with E-state index in [9.17, 15) is 14.4 Å². The fourth-order valence-corrected chi connectivity index (χ4v) is 4.30. The van der Waals surface area contributed by atoms with Gasteiger partial charge in [0, 0.05) is 38.3 Å². The molecule has 7 heteroatoms. The Morgan fingerprint density at radius 2 is 1.93 bits per heavy atom. The van der Waals surface area contributed by atoms with Crippen molar-refractivity contribution in [2.24, 2.45) is 11.7 Å². The summed E-state index contributed by atoms with van der Waals surface area (Å²) in [5, 5.41) is 2.82. The van der Waals surface area contributed by atoms with E-state index in [4.69, 9.17) is 5.73 Å². The molecule has 0 aromatic heterocycles. The van der Waals surface area contributed by atoms with E-state index < -0.39 is 5.54 Å². The van der Waals surface area contributed by atoms with E-state index in [1.54, 1.807) is 21.9 Å². The van der Waals surface area contributed by atoms with Crippen LogP contribution in [0.5, 0.6) is 0 Å². The Labute approximate surface area is 166 Å². The first-order valence-corrected chi connectivity index (χ1v) is 10.1. The van der Waals surface area contributed by atoms with Crippen LogP contribution in [0.1, 0.15) is 43.0 Å². The molecule has 2 atom stereocenters. The first kappa shape index (κ1) is 20.3. The first-order valence-electron chi connectivity index (χ1n) is 10.1. The number of hydrogen-bond acceptors (Lipinski definition) is 4. The molecule has 2 saturated heterocycles. The van der Waals surface area contributed by atoms with Gasteiger partial charge in [0.2, 0.25) is 11.8 Å². The second kappa shape index (κ2) is 8.73. The van der Waals surface area contributed by atoms with Crippen LogP contribution in [-0.4, -0.2) is 65.8 Å². The van der Waals surface area contributed by atoms with Crippen molar-refractivity contribution in [1.29, 1.82) is 0 Å². The normalized spacial score (nSPS) is 24.9. The predicted molar refractivity (Wildman–Crippen MR) is 106 cm³/mol. The quantitative estimate of drug-likeness (QED) is 0.789. The highest BCUT2D eigenvalue weighted by Crippen LogP contribution is 2.33. The maximum Gasteiger partial charge on any atom is 0.254 e. The Hall–Kier alpha value is -2.41. The second-order valence-electron chi connectivity index (χ2n) is 7.87. The average Bonchev–Trinajstić information content (AvgIpc) is 3.14. The number of nitrogens with one attached hydrogen (secondary N) is 1. The van der Waals surface area contributed by atoms with Crippen molar-refractivity contribution in [3.8, 4) is 0 Å². The van der Waals surface area contributed by atoms with E-state index in [0.29, 0.717) is 44.7 Å².